The number of benzene rings is 1. The van der Waals surface area contributed by atoms with Crippen molar-refractivity contribution in [2.24, 2.45) is 7.05 Å². The van der Waals surface area contributed by atoms with Crippen molar-refractivity contribution in [3.05, 3.63) is 50.3 Å². The molecule has 1 heterocycles. The number of halogens is 2. The van der Waals surface area contributed by atoms with E-state index >= 15 is 0 Å². The number of hydrogen-bond acceptors (Lipinski definition) is 2. The lowest BCUT2D eigenvalue weighted by Gasteiger charge is -2.17. The first-order valence-electron chi connectivity index (χ1n) is 5.22. The lowest BCUT2D eigenvalue weighted by molar-refractivity contribution is 0.686. The molecule has 0 saturated heterocycles. The van der Waals surface area contributed by atoms with Gasteiger partial charge in [-0.05, 0) is 53.4 Å². The van der Waals surface area contributed by atoms with Crippen LogP contribution in [0.1, 0.15) is 17.2 Å². The standard InChI is InChI=1S/C12H13ClIN3/c1-15-12(8-6-16-17(2)7-8)10-5-9(13)3-4-11(10)14/h3-7,12,15H,1-2H3. The van der Waals surface area contributed by atoms with Crippen molar-refractivity contribution in [2.45, 2.75) is 6.04 Å². The summed E-state index contributed by atoms with van der Waals surface area (Å²) in [5.74, 6) is 0. The largest absolute Gasteiger partial charge is 0.309 e. The Morgan fingerprint density at radius 1 is 1.47 bits per heavy atom. The number of rotatable bonds is 3. The third kappa shape index (κ3) is 2.81. The Hall–Kier alpha value is -0.590. The predicted molar refractivity (Wildman–Crippen MR) is 78.3 cm³/mol. The van der Waals surface area contributed by atoms with Crippen molar-refractivity contribution < 1.29 is 0 Å². The van der Waals surface area contributed by atoms with Gasteiger partial charge in [0, 0.05) is 27.4 Å². The molecule has 0 spiro atoms. The van der Waals surface area contributed by atoms with Gasteiger partial charge >= 0.3 is 0 Å². The van der Waals surface area contributed by atoms with E-state index in [1.807, 2.05) is 44.7 Å². The van der Waals surface area contributed by atoms with Crippen LogP contribution in [0, 0.1) is 3.57 Å². The second kappa shape index (κ2) is 5.37. The first kappa shape index (κ1) is 12.9. The van der Waals surface area contributed by atoms with Gasteiger partial charge in [0.1, 0.15) is 0 Å². The van der Waals surface area contributed by atoms with Crippen molar-refractivity contribution in [2.75, 3.05) is 7.05 Å². The number of hydrogen-bond donors (Lipinski definition) is 1. The summed E-state index contributed by atoms with van der Waals surface area (Å²) in [5, 5.41) is 8.26. The summed E-state index contributed by atoms with van der Waals surface area (Å²) in [7, 11) is 3.85. The van der Waals surface area contributed by atoms with Crippen molar-refractivity contribution in [3.63, 3.8) is 0 Å². The number of aromatic nitrogens is 2. The van der Waals surface area contributed by atoms with E-state index in [1.165, 1.54) is 9.13 Å². The Morgan fingerprint density at radius 2 is 2.24 bits per heavy atom. The third-order valence-corrected chi connectivity index (χ3v) is 3.83. The molecule has 0 fully saturated rings. The number of aryl methyl sites for hydroxylation is 1. The van der Waals surface area contributed by atoms with E-state index in [9.17, 15) is 0 Å². The molecule has 0 aliphatic heterocycles. The fourth-order valence-electron chi connectivity index (χ4n) is 1.83. The summed E-state index contributed by atoms with van der Waals surface area (Å²) < 4.78 is 2.99. The van der Waals surface area contributed by atoms with Gasteiger partial charge in [0.25, 0.3) is 0 Å². The fourth-order valence-corrected chi connectivity index (χ4v) is 2.65. The van der Waals surface area contributed by atoms with Crippen LogP contribution >= 0.6 is 34.2 Å². The zero-order valence-electron chi connectivity index (χ0n) is 9.61. The average Bonchev–Trinajstić information content (AvgIpc) is 2.71. The molecule has 1 atom stereocenters. The quantitative estimate of drug-likeness (QED) is 0.852. The van der Waals surface area contributed by atoms with Crippen LogP contribution in [0.3, 0.4) is 0 Å². The molecule has 2 rings (SSSR count). The normalized spacial score (nSPS) is 12.7. The van der Waals surface area contributed by atoms with E-state index in [0.29, 0.717) is 0 Å². The van der Waals surface area contributed by atoms with Gasteiger partial charge in [0.05, 0.1) is 12.2 Å². The van der Waals surface area contributed by atoms with Crippen molar-refractivity contribution in [1.82, 2.24) is 15.1 Å². The zero-order valence-corrected chi connectivity index (χ0v) is 12.5. The minimum atomic E-state index is 0.120. The van der Waals surface area contributed by atoms with Gasteiger partial charge in [0.2, 0.25) is 0 Å². The zero-order chi connectivity index (χ0) is 12.4. The molecule has 0 bridgehead atoms. The van der Waals surface area contributed by atoms with E-state index in [2.05, 4.69) is 33.0 Å². The van der Waals surface area contributed by atoms with E-state index in [4.69, 9.17) is 11.6 Å². The SMILES string of the molecule is CNC(c1cnn(C)c1)c1cc(Cl)ccc1I. The minimum absolute atomic E-state index is 0.120. The summed E-state index contributed by atoms with van der Waals surface area (Å²) in [6.45, 7) is 0. The molecule has 3 nitrogen and oxygen atoms in total. The van der Waals surface area contributed by atoms with Crippen molar-refractivity contribution in [3.8, 4) is 0 Å². The number of nitrogens with zero attached hydrogens (tertiary/aromatic N) is 2. The van der Waals surface area contributed by atoms with Gasteiger partial charge in [-0.1, -0.05) is 11.6 Å². The smallest absolute Gasteiger partial charge is 0.0616 e. The molecule has 5 heteroatoms. The predicted octanol–water partition coefficient (Wildman–Crippen LogP) is 2.99. The highest BCUT2D eigenvalue weighted by molar-refractivity contribution is 14.1. The van der Waals surface area contributed by atoms with Crippen LogP contribution in [-0.4, -0.2) is 16.8 Å². The van der Waals surface area contributed by atoms with E-state index in [1.54, 1.807) is 4.68 Å². The Balaban J connectivity index is 2.45. The van der Waals surface area contributed by atoms with Gasteiger partial charge in [-0.2, -0.15) is 5.10 Å². The van der Waals surface area contributed by atoms with Crippen LogP contribution in [0.25, 0.3) is 0 Å². The first-order chi connectivity index (χ1) is 8.11. The van der Waals surface area contributed by atoms with E-state index in [-0.39, 0.29) is 6.04 Å². The maximum absolute atomic E-state index is 6.06. The molecule has 0 aliphatic carbocycles. The Labute approximate surface area is 119 Å². The second-order valence-electron chi connectivity index (χ2n) is 3.83. The molecule has 17 heavy (non-hydrogen) atoms. The third-order valence-electron chi connectivity index (χ3n) is 2.62. The van der Waals surface area contributed by atoms with Gasteiger partial charge in [0.15, 0.2) is 0 Å². The van der Waals surface area contributed by atoms with Crippen LogP contribution in [0.2, 0.25) is 5.02 Å². The molecule has 0 amide bonds. The van der Waals surface area contributed by atoms with Gasteiger partial charge in [-0.3, -0.25) is 4.68 Å². The summed E-state index contributed by atoms with van der Waals surface area (Å²) in [4.78, 5) is 0. The van der Waals surface area contributed by atoms with E-state index in [0.717, 1.165) is 10.6 Å². The second-order valence-corrected chi connectivity index (χ2v) is 5.43. The molecule has 90 valence electrons. The molecule has 1 aromatic carbocycles. The fraction of sp³-hybridized carbons (Fsp3) is 0.250. The van der Waals surface area contributed by atoms with E-state index < -0.39 is 0 Å². The van der Waals surface area contributed by atoms with Crippen LogP contribution in [0.5, 0.6) is 0 Å². The van der Waals surface area contributed by atoms with Crippen LogP contribution in [0.4, 0.5) is 0 Å². The van der Waals surface area contributed by atoms with Crippen LogP contribution in [0.15, 0.2) is 30.6 Å². The van der Waals surface area contributed by atoms with Gasteiger partial charge in [-0.15, -0.1) is 0 Å². The topological polar surface area (TPSA) is 29.9 Å². The molecule has 0 saturated carbocycles. The Morgan fingerprint density at radius 3 is 2.82 bits per heavy atom. The Bertz CT molecular complexity index is 524. The maximum Gasteiger partial charge on any atom is 0.0616 e. The molecule has 0 radical (unpaired) electrons. The molecule has 1 aromatic heterocycles. The molecule has 0 aliphatic rings. The van der Waals surface area contributed by atoms with Gasteiger partial charge in [-0.25, -0.2) is 0 Å². The molecular weight excluding hydrogens is 349 g/mol. The highest BCUT2D eigenvalue weighted by atomic mass is 127. The molecule has 1 N–H and O–H groups in total. The summed E-state index contributed by atoms with van der Waals surface area (Å²) in [6, 6.07) is 6.05. The van der Waals surface area contributed by atoms with Crippen LogP contribution < -0.4 is 5.32 Å². The molecule has 2 aromatic rings. The first-order valence-corrected chi connectivity index (χ1v) is 6.68. The summed E-state index contributed by atoms with van der Waals surface area (Å²) >= 11 is 8.38. The van der Waals surface area contributed by atoms with Crippen molar-refractivity contribution in [1.29, 1.82) is 0 Å². The maximum atomic E-state index is 6.06. The minimum Gasteiger partial charge on any atom is -0.309 e. The van der Waals surface area contributed by atoms with Gasteiger partial charge < -0.3 is 5.32 Å². The molecular formula is C12H13ClIN3. The monoisotopic (exact) mass is 361 g/mol. The summed E-state index contributed by atoms with van der Waals surface area (Å²) in [6.07, 6.45) is 3.89. The average molecular weight is 362 g/mol. The van der Waals surface area contributed by atoms with Crippen molar-refractivity contribution >= 4 is 34.2 Å². The highest BCUT2D eigenvalue weighted by Crippen LogP contribution is 2.28. The highest BCUT2D eigenvalue weighted by Gasteiger charge is 2.16. The number of nitrogens with one attached hydrogen (secondary N) is 1. The van der Waals surface area contributed by atoms with Crippen LogP contribution in [-0.2, 0) is 7.05 Å². The lowest BCUT2D eigenvalue weighted by atomic mass is 10.0. The molecule has 1 unspecified atom stereocenters. The lowest BCUT2D eigenvalue weighted by Crippen LogP contribution is -2.18. The Kier molecular flexibility index (Phi) is 4.06. The summed E-state index contributed by atoms with van der Waals surface area (Å²) in [5.41, 5.74) is 2.31.